The average Bonchev–Trinajstić information content (AvgIpc) is 2.97. The van der Waals surface area contributed by atoms with Crippen molar-refractivity contribution in [3.63, 3.8) is 0 Å². The number of aryl methyl sites for hydroxylation is 1. The Morgan fingerprint density at radius 2 is 2.00 bits per heavy atom. The van der Waals surface area contributed by atoms with Crippen LogP contribution in [0.25, 0.3) is 16.5 Å². The predicted octanol–water partition coefficient (Wildman–Crippen LogP) is 3.09. The van der Waals surface area contributed by atoms with Gasteiger partial charge in [0.15, 0.2) is 0 Å². The zero-order valence-corrected chi connectivity index (χ0v) is 14.0. The van der Waals surface area contributed by atoms with E-state index in [4.69, 9.17) is 0 Å². The molecule has 3 aromatic rings. The molecule has 5 nitrogen and oxygen atoms in total. The molecule has 0 atom stereocenters. The fraction of sp³-hybridized carbons (Fsp3) is 0.200. The molecule has 0 saturated carbocycles. The van der Waals surface area contributed by atoms with Crippen LogP contribution < -0.4 is 5.56 Å². The molecule has 5 heteroatoms. The number of rotatable bonds is 2. The zero-order chi connectivity index (χ0) is 17.4. The number of pyridine rings is 1. The number of amides is 1. The molecular weight excluding hydrogens is 314 g/mol. The summed E-state index contributed by atoms with van der Waals surface area (Å²) >= 11 is 0. The van der Waals surface area contributed by atoms with Gasteiger partial charge in [0.2, 0.25) is 5.56 Å². The number of hydrogen-bond donors (Lipinski definition) is 2. The average molecular weight is 333 g/mol. The van der Waals surface area contributed by atoms with Crippen molar-refractivity contribution in [1.82, 2.24) is 14.9 Å². The number of hydrogen-bond acceptors (Lipinski definition) is 2. The van der Waals surface area contributed by atoms with Gasteiger partial charge in [-0.05, 0) is 31.1 Å². The molecule has 1 aliphatic heterocycles. The van der Waals surface area contributed by atoms with E-state index in [2.05, 4.69) is 41.2 Å². The zero-order valence-electron chi connectivity index (χ0n) is 14.0. The van der Waals surface area contributed by atoms with E-state index in [1.165, 1.54) is 28.8 Å². The van der Waals surface area contributed by atoms with Crippen LogP contribution in [-0.4, -0.2) is 33.9 Å². The van der Waals surface area contributed by atoms with E-state index in [0.29, 0.717) is 18.7 Å². The van der Waals surface area contributed by atoms with Gasteiger partial charge < -0.3 is 14.9 Å². The number of carbonyl (C=O) groups excluding carboxylic acids is 1. The number of H-pyrrole nitrogens is 2. The summed E-state index contributed by atoms with van der Waals surface area (Å²) in [6, 6.07) is 11.3. The number of aromatic amines is 2. The number of nitrogens with zero attached hydrogens (tertiary/aromatic N) is 1. The van der Waals surface area contributed by atoms with Crippen molar-refractivity contribution >= 4 is 22.4 Å². The van der Waals surface area contributed by atoms with E-state index in [-0.39, 0.29) is 11.5 Å². The Hall–Kier alpha value is -3.08. The predicted molar refractivity (Wildman–Crippen MR) is 98.6 cm³/mol. The summed E-state index contributed by atoms with van der Waals surface area (Å²) in [4.78, 5) is 31.5. The molecule has 3 heterocycles. The van der Waals surface area contributed by atoms with E-state index in [9.17, 15) is 9.59 Å². The normalized spacial score (nSPS) is 14.6. The summed E-state index contributed by atoms with van der Waals surface area (Å²) in [5, 5.41) is 1.23. The largest absolute Gasteiger partial charge is 0.358 e. The third-order valence-corrected chi connectivity index (χ3v) is 4.74. The summed E-state index contributed by atoms with van der Waals surface area (Å²) in [5.41, 5.74) is 5.15. The molecule has 0 bridgehead atoms. The highest BCUT2D eigenvalue weighted by atomic mass is 16.2. The first kappa shape index (κ1) is 15.4. The number of aromatic nitrogens is 2. The number of nitrogens with one attached hydrogen (secondary N) is 2. The van der Waals surface area contributed by atoms with Gasteiger partial charge in [-0.25, -0.2) is 0 Å². The summed E-state index contributed by atoms with van der Waals surface area (Å²) < 4.78 is 0. The molecule has 0 radical (unpaired) electrons. The Labute approximate surface area is 145 Å². The van der Waals surface area contributed by atoms with E-state index >= 15 is 0 Å². The van der Waals surface area contributed by atoms with E-state index < -0.39 is 0 Å². The van der Waals surface area contributed by atoms with Crippen LogP contribution in [0.2, 0.25) is 0 Å². The van der Waals surface area contributed by atoms with Gasteiger partial charge in [-0.3, -0.25) is 9.59 Å². The monoisotopic (exact) mass is 333 g/mol. The summed E-state index contributed by atoms with van der Waals surface area (Å²) in [6.07, 6.45) is 4.43. The summed E-state index contributed by atoms with van der Waals surface area (Å²) in [5.74, 6) is -0.0535. The van der Waals surface area contributed by atoms with Crippen molar-refractivity contribution in [3.8, 4) is 0 Å². The number of fused-ring (bicyclic) bond motifs is 1. The first-order chi connectivity index (χ1) is 12.1. The number of carbonyl (C=O) groups is 1. The smallest absolute Gasteiger partial charge is 0.255 e. The molecular formula is C20H19N3O2. The topological polar surface area (TPSA) is 69.0 Å². The number of benzene rings is 1. The molecule has 0 aliphatic carbocycles. The maximum atomic E-state index is 12.6. The summed E-state index contributed by atoms with van der Waals surface area (Å²) in [7, 11) is 0. The Balaban J connectivity index is 1.59. The Kier molecular flexibility index (Phi) is 3.76. The van der Waals surface area contributed by atoms with E-state index in [1.54, 1.807) is 11.0 Å². The molecule has 0 saturated heterocycles. The van der Waals surface area contributed by atoms with Crippen LogP contribution in [0.4, 0.5) is 0 Å². The van der Waals surface area contributed by atoms with Crippen LogP contribution in [0, 0.1) is 6.92 Å². The standard InChI is InChI=1S/C20H19N3O2/c1-13-19(16-4-2-3-5-17(16)22-13)14-8-10-23(11-9-14)20(25)15-6-7-18(24)21-12-15/h2-8,12,22H,9-11H2,1H3,(H,21,24). The molecule has 1 aliphatic rings. The first-order valence-corrected chi connectivity index (χ1v) is 8.38. The third kappa shape index (κ3) is 2.78. The Morgan fingerprint density at radius 3 is 2.72 bits per heavy atom. The van der Waals surface area contributed by atoms with Crippen LogP contribution in [0.15, 0.2) is 53.5 Å². The van der Waals surface area contributed by atoms with Crippen molar-refractivity contribution in [2.24, 2.45) is 0 Å². The van der Waals surface area contributed by atoms with Gasteiger partial charge in [-0.1, -0.05) is 24.3 Å². The molecule has 0 spiro atoms. The fourth-order valence-electron chi connectivity index (χ4n) is 3.50. The van der Waals surface area contributed by atoms with Gasteiger partial charge in [0, 0.05) is 47.5 Å². The van der Waals surface area contributed by atoms with Crippen molar-refractivity contribution < 1.29 is 4.79 Å². The second kappa shape index (κ2) is 6.09. The van der Waals surface area contributed by atoms with Gasteiger partial charge in [0.1, 0.15) is 0 Å². The van der Waals surface area contributed by atoms with Crippen LogP contribution in [-0.2, 0) is 0 Å². The van der Waals surface area contributed by atoms with Gasteiger partial charge in [0.05, 0.1) is 5.56 Å². The second-order valence-electron chi connectivity index (χ2n) is 6.34. The van der Waals surface area contributed by atoms with Crippen LogP contribution in [0.3, 0.4) is 0 Å². The second-order valence-corrected chi connectivity index (χ2v) is 6.34. The van der Waals surface area contributed by atoms with Gasteiger partial charge in [-0.15, -0.1) is 0 Å². The number of para-hydroxylation sites is 1. The minimum Gasteiger partial charge on any atom is -0.358 e. The van der Waals surface area contributed by atoms with Gasteiger partial charge >= 0.3 is 0 Å². The molecule has 25 heavy (non-hydrogen) atoms. The summed E-state index contributed by atoms with van der Waals surface area (Å²) in [6.45, 7) is 3.34. The maximum Gasteiger partial charge on any atom is 0.255 e. The minimum atomic E-state index is -0.202. The van der Waals surface area contributed by atoms with Crippen molar-refractivity contribution in [2.45, 2.75) is 13.3 Å². The molecule has 2 N–H and O–H groups in total. The van der Waals surface area contributed by atoms with E-state index in [0.717, 1.165) is 17.6 Å². The highest BCUT2D eigenvalue weighted by molar-refractivity contribution is 5.96. The Morgan fingerprint density at radius 1 is 1.16 bits per heavy atom. The maximum absolute atomic E-state index is 12.6. The minimum absolute atomic E-state index is 0.0535. The lowest BCUT2D eigenvalue weighted by Crippen LogP contribution is -2.35. The molecule has 1 amide bonds. The van der Waals surface area contributed by atoms with Crippen LogP contribution in [0.5, 0.6) is 0 Å². The quantitative estimate of drug-likeness (QED) is 0.756. The highest BCUT2D eigenvalue weighted by Crippen LogP contribution is 2.32. The molecule has 1 aromatic carbocycles. The first-order valence-electron chi connectivity index (χ1n) is 8.38. The SMILES string of the molecule is Cc1[nH]c2ccccc2c1C1=CCN(C(=O)c2ccc(=O)[nH]c2)CC1. The fourth-order valence-corrected chi connectivity index (χ4v) is 3.50. The molecule has 0 fully saturated rings. The molecule has 126 valence electrons. The lowest BCUT2D eigenvalue weighted by molar-refractivity contribution is 0.0772. The lowest BCUT2D eigenvalue weighted by Gasteiger charge is -2.26. The van der Waals surface area contributed by atoms with Crippen molar-refractivity contribution in [3.05, 3.63) is 75.8 Å². The van der Waals surface area contributed by atoms with Crippen LogP contribution in [0.1, 0.15) is 28.0 Å². The molecule has 4 rings (SSSR count). The van der Waals surface area contributed by atoms with Crippen molar-refractivity contribution in [2.75, 3.05) is 13.1 Å². The third-order valence-electron chi connectivity index (χ3n) is 4.74. The van der Waals surface area contributed by atoms with E-state index in [1.807, 2.05) is 6.07 Å². The molecule has 0 unspecified atom stereocenters. The molecule has 2 aromatic heterocycles. The lowest BCUT2D eigenvalue weighted by atomic mass is 9.96. The van der Waals surface area contributed by atoms with Crippen molar-refractivity contribution in [1.29, 1.82) is 0 Å². The highest BCUT2D eigenvalue weighted by Gasteiger charge is 2.21. The Bertz CT molecular complexity index is 1020. The van der Waals surface area contributed by atoms with Gasteiger partial charge in [-0.2, -0.15) is 0 Å². The van der Waals surface area contributed by atoms with Gasteiger partial charge in [0.25, 0.3) is 5.91 Å². The van der Waals surface area contributed by atoms with Crippen LogP contribution >= 0.6 is 0 Å².